The molecule has 6 heteroatoms. The topological polar surface area (TPSA) is 72.2 Å². The molecule has 0 amide bonds. The van der Waals surface area contributed by atoms with Crippen LogP contribution in [0.5, 0.6) is 0 Å². The van der Waals surface area contributed by atoms with Crippen molar-refractivity contribution in [2.24, 2.45) is 0 Å². The largest absolute Gasteiger partial charge is 0.477 e. The third kappa shape index (κ3) is 2.51. The zero-order valence-corrected chi connectivity index (χ0v) is 11.6. The fourth-order valence-corrected chi connectivity index (χ4v) is 2.11. The first-order chi connectivity index (χ1) is 9.68. The van der Waals surface area contributed by atoms with E-state index in [0.29, 0.717) is 16.7 Å². The molecule has 0 aliphatic rings. The molecule has 0 saturated heterocycles. The minimum atomic E-state index is -1.24. The van der Waals surface area contributed by atoms with Crippen LogP contribution >= 0.6 is 12.4 Å². The maximum atomic E-state index is 12.4. The van der Waals surface area contributed by atoms with Gasteiger partial charge in [0.15, 0.2) is 0 Å². The van der Waals surface area contributed by atoms with E-state index >= 15 is 0 Å². The first-order valence-electron chi connectivity index (χ1n) is 5.98. The molecule has 0 fully saturated rings. The minimum Gasteiger partial charge on any atom is -0.477 e. The quantitative estimate of drug-likeness (QED) is 0.789. The molecule has 1 N–H and O–H groups in total. The molecular formula is C15H11ClN2O3. The van der Waals surface area contributed by atoms with Gasteiger partial charge >= 0.3 is 5.97 Å². The Morgan fingerprint density at radius 2 is 1.81 bits per heavy atom. The molecule has 0 aliphatic carbocycles. The van der Waals surface area contributed by atoms with E-state index in [0.717, 1.165) is 0 Å². The monoisotopic (exact) mass is 302 g/mol. The van der Waals surface area contributed by atoms with Crippen LogP contribution in [0.25, 0.3) is 16.7 Å². The van der Waals surface area contributed by atoms with E-state index in [-0.39, 0.29) is 18.0 Å². The van der Waals surface area contributed by atoms with Crippen LogP contribution < -0.4 is 5.56 Å². The van der Waals surface area contributed by atoms with Gasteiger partial charge in [0.25, 0.3) is 5.56 Å². The lowest BCUT2D eigenvalue weighted by molar-refractivity contribution is 0.0695. The molecule has 0 bridgehead atoms. The molecule has 0 saturated carbocycles. The lowest BCUT2D eigenvalue weighted by Crippen LogP contribution is -2.25. The number of carboxylic acids is 1. The number of carbonyl (C=O) groups is 1. The van der Waals surface area contributed by atoms with Crippen LogP contribution in [-0.2, 0) is 0 Å². The summed E-state index contributed by atoms with van der Waals surface area (Å²) in [6, 6.07) is 13.6. The van der Waals surface area contributed by atoms with Crippen LogP contribution in [0, 0.1) is 0 Å². The van der Waals surface area contributed by atoms with Crippen molar-refractivity contribution in [2.75, 3.05) is 0 Å². The Morgan fingerprint density at radius 3 is 2.48 bits per heavy atom. The van der Waals surface area contributed by atoms with Gasteiger partial charge in [0.1, 0.15) is 11.2 Å². The van der Waals surface area contributed by atoms with Crippen molar-refractivity contribution in [3.05, 3.63) is 70.6 Å². The maximum absolute atomic E-state index is 12.4. The predicted octanol–water partition coefficient (Wildman–Crippen LogP) is 2.51. The van der Waals surface area contributed by atoms with Gasteiger partial charge in [-0.05, 0) is 30.3 Å². The Morgan fingerprint density at radius 1 is 1.10 bits per heavy atom. The Kier molecular flexibility index (Phi) is 4.05. The van der Waals surface area contributed by atoms with Gasteiger partial charge in [-0.3, -0.25) is 9.36 Å². The van der Waals surface area contributed by atoms with Crippen molar-refractivity contribution in [1.82, 2.24) is 9.55 Å². The molecule has 3 rings (SSSR count). The fourth-order valence-electron chi connectivity index (χ4n) is 2.11. The molecule has 0 radical (unpaired) electrons. The van der Waals surface area contributed by atoms with Gasteiger partial charge in [0, 0.05) is 11.6 Å². The van der Waals surface area contributed by atoms with E-state index in [1.807, 2.05) is 6.07 Å². The number of rotatable bonds is 2. The lowest BCUT2D eigenvalue weighted by atomic mass is 10.2. The molecule has 3 aromatic rings. The lowest BCUT2D eigenvalue weighted by Gasteiger charge is -2.10. The zero-order chi connectivity index (χ0) is 14.1. The van der Waals surface area contributed by atoms with Gasteiger partial charge in [-0.2, -0.15) is 0 Å². The van der Waals surface area contributed by atoms with E-state index in [4.69, 9.17) is 5.11 Å². The molecule has 0 spiro atoms. The number of aromatic carboxylic acids is 1. The molecule has 21 heavy (non-hydrogen) atoms. The molecule has 0 unspecified atom stereocenters. The number of para-hydroxylation sites is 1. The Hall–Kier alpha value is -2.66. The molecular weight excluding hydrogens is 292 g/mol. The van der Waals surface area contributed by atoms with Crippen molar-refractivity contribution in [2.45, 2.75) is 0 Å². The molecule has 0 aliphatic heterocycles. The number of carboxylic acid groups (broad SMARTS) is 1. The Labute approximate surface area is 125 Å². The number of pyridine rings is 2. The number of halogens is 1. The summed E-state index contributed by atoms with van der Waals surface area (Å²) < 4.78 is 1.32. The number of fused-ring (bicyclic) bond motifs is 1. The van der Waals surface area contributed by atoms with E-state index < -0.39 is 11.5 Å². The first kappa shape index (κ1) is 14.7. The average molecular weight is 303 g/mol. The maximum Gasteiger partial charge on any atom is 0.341 e. The predicted molar refractivity (Wildman–Crippen MR) is 81.5 cm³/mol. The van der Waals surface area contributed by atoms with Gasteiger partial charge in [0.2, 0.25) is 0 Å². The van der Waals surface area contributed by atoms with Gasteiger partial charge in [-0.25, -0.2) is 9.78 Å². The van der Waals surface area contributed by atoms with Crippen LogP contribution in [-0.4, -0.2) is 20.6 Å². The average Bonchev–Trinajstić information content (AvgIpc) is 2.47. The SMILES string of the molecule is Cl.O=C(O)c1cc2cccnc2n(-c2ccccc2)c1=O. The van der Waals surface area contributed by atoms with E-state index in [1.54, 1.807) is 42.6 Å². The van der Waals surface area contributed by atoms with E-state index in [2.05, 4.69) is 4.98 Å². The number of hydrogen-bond acceptors (Lipinski definition) is 3. The summed E-state index contributed by atoms with van der Waals surface area (Å²) in [5.74, 6) is -1.24. The van der Waals surface area contributed by atoms with Crippen molar-refractivity contribution >= 4 is 29.4 Å². The highest BCUT2D eigenvalue weighted by Crippen LogP contribution is 2.15. The standard InChI is InChI=1S/C15H10N2O3.ClH/c18-14-12(15(19)20)9-10-5-4-8-16-13(10)17(14)11-6-2-1-3-7-11;/h1-9H,(H,19,20);1H. The summed E-state index contributed by atoms with van der Waals surface area (Å²) in [6.07, 6.45) is 1.57. The van der Waals surface area contributed by atoms with Gasteiger partial charge in [-0.15, -0.1) is 12.4 Å². The van der Waals surface area contributed by atoms with Crippen LogP contribution in [0.4, 0.5) is 0 Å². The molecule has 2 aromatic heterocycles. The second-order valence-corrected chi connectivity index (χ2v) is 4.26. The molecule has 2 heterocycles. The van der Waals surface area contributed by atoms with E-state index in [1.165, 1.54) is 10.6 Å². The second kappa shape index (κ2) is 5.76. The number of hydrogen-bond donors (Lipinski definition) is 1. The summed E-state index contributed by atoms with van der Waals surface area (Å²) in [6.45, 7) is 0. The molecule has 0 atom stereocenters. The highest BCUT2D eigenvalue weighted by atomic mass is 35.5. The number of benzene rings is 1. The van der Waals surface area contributed by atoms with Crippen LogP contribution in [0.3, 0.4) is 0 Å². The fraction of sp³-hybridized carbons (Fsp3) is 0. The summed E-state index contributed by atoms with van der Waals surface area (Å²) in [7, 11) is 0. The third-order valence-electron chi connectivity index (χ3n) is 3.01. The Bertz CT molecular complexity index is 860. The van der Waals surface area contributed by atoms with Gasteiger partial charge < -0.3 is 5.11 Å². The number of nitrogens with zero attached hydrogens (tertiary/aromatic N) is 2. The van der Waals surface area contributed by atoms with Crippen molar-refractivity contribution in [1.29, 1.82) is 0 Å². The zero-order valence-electron chi connectivity index (χ0n) is 10.8. The summed E-state index contributed by atoms with van der Waals surface area (Å²) in [5, 5.41) is 9.77. The summed E-state index contributed by atoms with van der Waals surface area (Å²) in [4.78, 5) is 27.8. The minimum absolute atomic E-state index is 0. The van der Waals surface area contributed by atoms with Crippen LogP contribution in [0.1, 0.15) is 10.4 Å². The third-order valence-corrected chi connectivity index (χ3v) is 3.01. The van der Waals surface area contributed by atoms with E-state index in [9.17, 15) is 9.59 Å². The molecule has 106 valence electrons. The van der Waals surface area contributed by atoms with Crippen molar-refractivity contribution < 1.29 is 9.90 Å². The van der Waals surface area contributed by atoms with Gasteiger partial charge in [0.05, 0.1) is 5.69 Å². The highest BCUT2D eigenvalue weighted by molar-refractivity contribution is 5.92. The second-order valence-electron chi connectivity index (χ2n) is 4.26. The Balaban J connectivity index is 0.00000161. The molecule has 1 aromatic carbocycles. The smallest absolute Gasteiger partial charge is 0.341 e. The van der Waals surface area contributed by atoms with Crippen LogP contribution in [0.15, 0.2) is 59.5 Å². The van der Waals surface area contributed by atoms with Crippen molar-refractivity contribution in [3.63, 3.8) is 0 Å². The highest BCUT2D eigenvalue weighted by Gasteiger charge is 2.16. The number of aromatic nitrogens is 2. The normalized spacial score (nSPS) is 10.1. The van der Waals surface area contributed by atoms with Crippen molar-refractivity contribution in [3.8, 4) is 5.69 Å². The molecule has 5 nitrogen and oxygen atoms in total. The summed E-state index contributed by atoms with van der Waals surface area (Å²) >= 11 is 0. The first-order valence-corrected chi connectivity index (χ1v) is 5.98. The van der Waals surface area contributed by atoms with Crippen LogP contribution in [0.2, 0.25) is 0 Å². The summed E-state index contributed by atoms with van der Waals surface area (Å²) in [5.41, 5.74) is 0.169. The van der Waals surface area contributed by atoms with Gasteiger partial charge in [-0.1, -0.05) is 18.2 Å².